The number of fused-ring (bicyclic) bond motifs is 2. The predicted octanol–water partition coefficient (Wildman–Crippen LogP) is 5.03. The molecule has 1 nitrogen and oxygen atoms in total. The van der Waals surface area contributed by atoms with Gasteiger partial charge in [-0.15, -0.1) is 0 Å². The Bertz CT molecular complexity index is 371. The Balaban J connectivity index is 0.000000541. The summed E-state index contributed by atoms with van der Waals surface area (Å²) in [5.74, 6) is -1.05. The summed E-state index contributed by atoms with van der Waals surface area (Å²) >= 11 is 0. The van der Waals surface area contributed by atoms with E-state index < -0.39 is 41.9 Å². The van der Waals surface area contributed by atoms with Crippen LogP contribution in [0.1, 0.15) is 46.5 Å². The highest BCUT2D eigenvalue weighted by Crippen LogP contribution is 2.63. The Morgan fingerprint density at radius 2 is 1.36 bits per heavy atom. The van der Waals surface area contributed by atoms with Gasteiger partial charge in [0, 0.05) is 0 Å². The van der Waals surface area contributed by atoms with E-state index in [0.717, 1.165) is 5.92 Å². The first-order chi connectivity index (χ1) is 9.67. The topological polar surface area (TPSA) is 20.2 Å². The fourth-order valence-electron chi connectivity index (χ4n) is 3.34. The van der Waals surface area contributed by atoms with Crippen molar-refractivity contribution in [2.75, 3.05) is 0 Å². The lowest BCUT2D eigenvalue weighted by Crippen LogP contribution is -2.70. The van der Waals surface area contributed by atoms with Crippen molar-refractivity contribution >= 4 is 0 Å². The van der Waals surface area contributed by atoms with Gasteiger partial charge in [-0.25, -0.2) is 4.39 Å². The van der Waals surface area contributed by atoms with Crippen LogP contribution < -0.4 is 0 Å². The van der Waals surface area contributed by atoms with Gasteiger partial charge in [0.15, 0.2) is 5.67 Å². The van der Waals surface area contributed by atoms with E-state index in [9.17, 15) is 30.7 Å². The molecule has 2 aliphatic carbocycles. The van der Waals surface area contributed by atoms with Crippen molar-refractivity contribution in [1.82, 2.24) is 0 Å². The molecule has 2 saturated carbocycles. The van der Waals surface area contributed by atoms with Gasteiger partial charge in [-0.1, -0.05) is 20.8 Å². The second kappa shape index (κ2) is 5.83. The van der Waals surface area contributed by atoms with Crippen LogP contribution in [0.2, 0.25) is 0 Å². The Morgan fingerprint density at radius 3 is 1.59 bits per heavy atom. The van der Waals surface area contributed by atoms with Crippen molar-refractivity contribution in [2.45, 2.75) is 70.1 Å². The van der Waals surface area contributed by atoms with Crippen LogP contribution in [0.15, 0.2) is 0 Å². The Morgan fingerprint density at radius 1 is 0.955 bits per heavy atom. The van der Waals surface area contributed by atoms with Crippen molar-refractivity contribution in [2.24, 2.45) is 17.8 Å². The van der Waals surface area contributed by atoms with Gasteiger partial charge in [0.1, 0.15) is 0 Å². The minimum Gasteiger partial charge on any atom is -0.371 e. The summed E-state index contributed by atoms with van der Waals surface area (Å²) in [5.41, 5.74) is -8.93. The summed E-state index contributed by atoms with van der Waals surface area (Å²) in [6, 6.07) is 0. The normalized spacial score (nSPS) is 32.2. The molecule has 3 unspecified atom stereocenters. The molecule has 2 bridgehead atoms. The minimum absolute atomic E-state index is 0.0228. The molecule has 0 heterocycles. The van der Waals surface area contributed by atoms with Crippen molar-refractivity contribution < 1.29 is 35.8 Å². The van der Waals surface area contributed by atoms with Crippen molar-refractivity contribution in [1.29, 1.82) is 0 Å². The Labute approximate surface area is 124 Å². The first-order valence-corrected chi connectivity index (χ1v) is 7.21. The average Bonchev–Trinajstić information content (AvgIpc) is 2.83. The molecule has 0 saturated heterocycles. The summed E-state index contributed by atoms with van der Waals surface area (Å²) in [6.45, 7) is 6.50. The summed E-state index contributed by atoms with van der Waals surface area (Å²) < 4.78 is 90.0. The van der Waals surface area contributed by atoms with Crippen LogP contribution in [0.25, 0.3) is 0 Å². The Hall–Kier alpha value is -0.530. The zero-order valence-corrected chi connectivity index (χ0v) is 12.7. The van der Waals surface area contributed by atoms with E-state index in [0.29, 0.717) is 6.42 Å². The third kappa shape index (κ3) is 3.08. The van der Waals surface area contributed by atoms with Gasteiger partial charge in [-0.2, -0.15) is 26.3 Å². The van der Waals surface area contributed by atoms with E-state index in [-0.39, 0.29) is 12.8 Å². The molecule has 3 atom stereocenters. The van der Waals surface area contributed by atoms with Crippen molar-refractivity contribution in [3.05, 3.63) is 0 Å². The highest BCUT2D eigenvalue weighted by molar-refractivity contribution is 5.17. The largest absolute Gasteiger partial charge is 0.429 e. The Kier molecular flexibility index (Phi) is 5.18. The highest BCUT2D eigenvalue weighted by atomic mass is 19.4. The first kappa shape index (κ1) is 19.5. The van der Waals surface area contributed by atoms with Gasteiger partial charge < -0.3 is 5.11 Å². The van der Waals surface area contributed by atoms with Gasteiger partial charge in [-0.3, -0.25) is 0 Å². The molecule has 132 valence electrons. The number of halogens is 7. The molecular formula is C14H21F7O. The number of hydrogen-bond acceptors (Lipinski definition) is 1. The molecular weight excluding hydrogens is 317 g/mol. The van der Waals surface area contributed by atoms with Gasteiger partial charge in [0.05, 0.1) is 0 Å². The van der Waals surface area contributed by atoms with Gasteiger partial charge in [0.2, 0.25) is 0 Å². The van der Waals surface area contributed by atoms with Gasteiger partial charge >= 0.3 is 12.4 Å². The number of hydrogen-bond donors (Lipinski definition) is 1. The number of alkyl halides is 7. The number of aliphatic hydroxyl groups is 1. The molecule has 2 rings (SSSR count). The lowest BCUT2D eigenvalue weighted by atomic mass is 9.72. The molecule has 0 aromatic carbocycles. The fourth-order valence-corrected chi connectivity index (χ4v) is 3.34. The van der Waals surface area contributed by atoms with Gasteiger partial charge in [-0.05, 0) is 43.4 Å². The van der Waals surface area contributed by atoms with E-state index in [4.69, 9.17) is 5.11 Å². The van der Waals surface area contributed by atoms with Crippen LogP contribution in [0, 0.1) is 17.8 Å². The van der Waals surface area contributed by atoms with E-state index >= 15 is 0 Å². The standard InChI is InChI=1S/C10H11F7O.C4H10/c11-7(4-5-1-2-6(7)3-5)8(18,9(12,13)14)10(15,16)17;1-4(2)3/h5-6,18H,1-4H2;4H,1-3H3. The maximum Gasteiger partial charge on any atom is 0.429 e. The molecule has 0 radical (unpaired) electrons. The zero-order chi connectivity index (χ0) is 17.6. The SMILES string of the molecule is CC(C)C.OC(C(F)(F)F)(C(F)(F)F)C1(F)CC2CCC1C2. The molecule has 1 N–H and O–H groups in total. The van der Waals surface area contributed by atoms with Crippen LogP contribution in [0.3, 0.4) is 0 Å². The first-order valence-electron chi connectivity index (χ1n) is 7.21. The maximum absolute atomic E-state index is 14.4. The van der Waals surface area contributed by atoms with Crippen LogP contribution in [-0.2, 0) is 0 Å². The summed E-state index contributed by atoms with van der Waals surface area (Å²) in [7, 11) is 0. The minimum atomic E-state index is -6.08. The summed E-state index contributed by atoms with van der Waals surface area (Å²) in [6.07, 6.45) is -12.7. The van der Waals surface area contributed by atoms with E-state index in [1.54, 1.807) is 0 Å². The average molecular weight is 338 g/mol. The third-order valence-electron chi connectivity index (χ3n) is 4.20. The van der Waals surface area contributed by atoms with E-state index in [1.165, 1.54) is 0 Å². The molecule has 0 aromatic rings. The molecule has 0 aliphatic heterocycles. The summed E-state index contributed by atoms with van der Waals surface area (Å²) in [4.78, 5) is 0. The fraction of sp³-hybridized carbons (Fsp3) is 1.00. The lowest BCUT2D eigenvalue weighted by molar-refractivity contribution is -0.408. The molecule has 0 aromatic heterocycles. The molecule has 2 aliphatic rings. The molecule has 0 spiro atoms. The zero-order valence-electron chi connectivity index (χ0n) is 12.7. The molecule has 0 amide bonds. The smallest absolute Gasteiger partial charge is 0.371 e. The van der Waals surface area contributed by atoms with Gasteiger partial charge in [0.25, 0.3) is 5.60 Å². The third-order valence-corrected chi connectivity index (χ3v) is 4.20. The predicted molar refractivity (Wildman–Crippen MR) is 66.9 cm³/mol. The van der Waals surface area contributed by atoms with Crippen LogP contribution in [0.5, 0.6) is 0 Å². The van der Waals surface area contributed by atoms with Crippen LogP contribution in [-0.4, -0.2) is 28.7 Å². The lowest BCUT2D eigenvalue weighted by Gasteiger charge is -2.45. The monoisotopic (exact) mass is 338 g/mol. The second-order valence-electron chi connectivity index (χ2n) is 6.88. The molecule has 8 heteroatoms. The van der Waals surface area contributed by atoms with Crippen molar-refractivity contribution in [3.63, 3.8) is 0 Å². The van der Waals surface area contributed by atoms with Crippen LogP contribution >= 0.6 is 0 Å². The van der Waals surface area contributed by atoms with Crippen molar-refractivity contribution in [3.8, 4) is 0 Å². The summed E-state index contributed by atoms with van der Waals surface area (Å²) in [5, 5.41) is 9.14. The molecule has 22 heavy (non-hydrogen) atoms. The highest BCUT2D eigenvalue weighted by Gasteiger charge is 2.83. The quantitative estimate of drug-likeness (QED) is 0.665. The second-order valence-corrected chi connectivity index (χ2v) is 6.88. The van der Waals surface area contributed by atoms with E-state index in [2.05, 4.69) is 20.8 Å². The van der Waals surface area contributed by atoms with E-state index in [1.807, 2.05) is 0 Å². The number of rotatable bonds is 1. The molecule has 2 fully saturated rings. The van der Waals surface area contributed by atoms with Crippen LogP contribution in [0.4, 0.5) is 30.7 Å². The maximum atomic E-state index is 14.4.